The molecule has 3 aliphatic rings. The second kappa shape index (κ2) is 7.56. The van der Waals surface area contributed by atoms with E-state index >= 15 is 0 Å². The summed E-state index contributed by atoms with van der Waals surface area (Å²) >= 11 is 5.95. The molecular weight excluding hydrogens is 447 g/mol. The van der Waals surface area contributed by atoms with Gasteiger partial charge in [0, 0.05) is 6.20 Å². The summed E-state index contributed by atoms with van der Waals surface area (Å²) < 4.78 is 50.0. The van der Waals surface area contributed by atoms with Gasteiger partial charge in [0.15, 0.2) is 11.6 Å². The number of hydrogen-bond donors (Lipinski definition) is 0. The van der Waals surface area contributed by atoms with Crippen LogP contribution in [0.2, 0.25) is 5.02 Å². The molecular formula is C23H19ClF3NO4. The van der Waals surface area contributed by atoms with Crippen LogP contribution in [0.1, 0.15) is 42.4 Å². The lowest BCUT2D eigenvalue weighted by Crippen LogP contribution is -2.29. The van der Waals surface area contributed by atoms with E-state index in [2.05, 4.69) is 4.98 Å². The molecule has 1 unspecified atom stereocenters. The minimum absolute atomic E-state index is 0.121. The number of ether oxygens (including phenoxy) is 2. The van der Waals surface area contributed by atoms with E-state index in [4.69, 9.17) is 21.1 Å². The highest BCUT2D eigenvalue weighted by Crippen LogP contribution is 2.53. The lowest BCUT2D eigenvalue weighted by Gasteiger charge is -2.17. The molecule has 1 aromatic carbocycles. The highest BCUT2D eigenvalue weighted by atomic mass is 35.5. The van der Waals surface area contributed by atoms with Gasteiger partial charge in [-0.05, 0) is 48.6 Å². The van der Waals surface area contributed by atoms with Gasteiger partial charge in [0.25, 0.3) is 0 Å². The molecule has 0 radical (unpaired) electrons. The van der Waals surface area contributed by atoms with E-state index in [9.17, 15) is 22.8 Å². The number of Topliss-reactive ketones (excluding diaryl/α,β-unsaturated/α-hetero) is 2. The van der Waals surface area contributed by atoms with Crippen LogP contribution in [0.15, 0.2) is 30.5 Å². The molecule has 3 fully saturated rings. The monoisotopic (exact) mass is 465 g/mol. The van der Waals surface area contributed by atoms with Gasteiger partial charge in [-0.3, -0.25) is 9.59 Å². The lowest BCUT2D eigenvalue weighted by molar-refractivity contribution is -0.138. The van der Waals surface area contributed by atoms with Gasteiger partial charge in [0.2, 0.25) is 5.88 Å². The number of rotatable bonds is 4. The predicted molar refractivity (Wildman–Crippen MR) is 108 cm³/mol. The Morgan fingerprint density at radius 2 is 1.78 bits per heavy atom. The summed E-state index contributed by atoms with van der Waals surface area (Å²) in [4.78, 5) is 30.1. The van der Waals surface area contributed by atoms with E-state index in [0.717, 1.165) is 24.5 Å². The molecule has 0 amide bonds. The number of pyridine rings is 1. The molecule has 1 aliphatic carbocycles. The standard InChI is InChI=1S/C23H19ClF3NO4/c1-2-10-3-4-12(31-22-14(24)7-11(9-28-22)23(25,26)27)8-13(10)17-20(29)18-15-5-6-16(32-15)19(18)21(17)30/h3-4,7-9,15-19H,2,5-6H2,1H3/t15-,16+,17?,18-,19+. The van der Waals surface area contributed by atoms with Crippen LogP contribution in [-0.2, 0) is 26.9 Å². The van der Waals surface area contributed by atoms with Crippen LogP contribution < -0.4 is 4.74 Å². The van der Waals surface area contributed by atoms with Crippen LogP contribution in [0.4, 0.5) is 13.2 Å². The number of aryl methyl sites for hydroxylation is 1. The Morgan fingerprint density at radius 1 is 1.12 bits per heavy atom. The zero-order chi connectivity index (χ0) is 22.8. The molecule has 2 aromatic rings. The fourth-order valence-corrected chi connectivity index (χ4v) is 5.43. The first-order valence-electron chi connectivity index (χ1n) is 10.5. The van der Waals surface area contributed by atoms with Gasteiger partial charge >= 0.3 is 6.18 Å². The number of carbonyl (C=O) groups is 2. The average Bonchev–Trinajstić information content (AvgIpc) is 3.42. The third-order valence-electron chi connectivity index (χ3n) is 6.66. The van der Waals surface area contributed by atoms with Gasteiger partial charge in [-0.15, -0.1) is 0 Å². The van der Waals surface area contributed by atoms with E-state index in [-0.39, 0.29) is 40.4 Å². The van der Waals surface area contributed by atoms with Crippen molar-refractivity contribution in [2.24, 2.45) is 11.8 Å². The highest BCUT2D eigenvalue weighted by Gasteiger charge is 2.63. The Morgan fingerprint density at radius 3 is 2.34 bits per heavy atom. The van der Waals surface area contributed by atoms with Crippen LogP contribution in [0, 0.1) is 11.8 Å². The topological polar surface area (TPSA) is 65.5 Å². The fraction of sp³-hybridized carbons (Fsp3) is 0.435. The molecule has 5 nitrogen and oxygen atoms in total. The Labute approximate surface area is 186 Å². The Balaban J connectivity index is 1.47. The number of nitrogens with zero attached hydrogens (tertiary/aromatic N) is 1. The van der Waals surface area contributed by atoms with E-state index in [1.165, 1.54) is 0 Å². The first kappa shape index (κ1) is 21.4. The number of alkyl halides is 3. The van der Waals surface area contributed by atoms with Crippen LogP contribution >= 0.6 is 11.6 Å². The molecule has 2 bridgehead atoms. The molecule has 5 rings (SSSR count). The maximum absolute atomic E-state index is 13.2. The van der Waals surface area contributed by atoms with Crippen LogP contribution in [-0.4, -0.2) is 28.8 Å². The fourth-order valence-electron chi connectivity index (χ4n) is 5.23. The minimum atomic E-state index is -4.57. The third-order valence-corrected chi connectivity index (χ3v) is 6.93. The summed E-state index contributed by atoms with van der Waals surface area (Å²) in [6, 6.07) is 5.71. The SMILES string of the molecule is CCc1ccc(Oc2ncc(C(F)(F)F)cc2Cl)cc1C1C(=O)[C@@H]2[C@H](C1=O)[C@H]1CC[C@@H]2O1. The third kappa shape index (κ3) is 3.31. The maximum atomic E-state index is 13.2. The summed E-state index contributed by atoms with van der Waals surface area (Å²) in [5.41, 5.74) is 0.419. The Hall–Kier alpha value is -2.45. The van der Waals surface area contributed by atoms with Crippen molar-refractivity contribution in [2.45, 2.75) is 50.5 Å². The molecule has 168 valence electrons. The number of hydrogen-bond acceptors (Lipinski definition) is 5. The maximum Gasteiger partial charge on any atom is 0.417 e. The van der Waals surface area contributed by atoms with Crippen molar-refractivity contribution in [3.05, 3.63) is 52.2 Å². The quantitative estimate of drug-likeness (QED) is 0.585. The zero-order valence-electron chi connectivity index (χ0n) is 17.0. The lowest BCUT2D eigenvalue weighted by atomic mass is 9.81. The summed E-state index contributed by atoms with van der Waals surface area (Å²) in [5.74, 6) is -1.87. The number of ketones is 2. The van der Waals surface area contributed by atoms with Crippen molar-refractivity contribution in [3.8, 4) is 11.6 Å². The molecule has 9 heteroatoms. The van der Waals surface area contributed by atoms with Crippen LogP contribution in [0.3, 0.4) is 0 Å². The molecule has 0 N–H and O–H groups in total. The van der Waals surface area contributed by atoms with E-state index in [1.54, 1.807) is 18.2 Å². The molecule has 2 saturated heterocycles. The first-order chi connectivity index (χ1) is 15.2. The Bertz CT molecular complexity index is 1090. The molecule has 3 heterocycles. The summed E-state index contributed by atoms with van der Waals surface area (Å²) in [7, 11) is 0. The number of halogens is 4. The Kier molecular flexibility index (Phi) is 5.05. The molecule has 1 aromatic heterocycles. The van der Waals surface area contributed by atoms with Gasteiger partial charge in [0.1, 0.15) is 16.7 Å². The number of carbonyl (C=O) groups excluding carboxylic acids is 2. The van der Waals surface area contributed by atoms with Gasteiger partial charge in [0.05, 0.1) is 29.6 Å². The van der Waals surface area contributed by atoms with Gasteiger partial charge in [-0.25, -0.2) is 4.98 Å². The predicted octanol–water partition coefficient (Wildman–Crippen LogP) is 5.14. The molecule has 1 saturated carbocycles. The first-order valence-corrected chi connectivity index (χ1v) is 10.8. The van der Waals surface area contributed by atoms with Crippen molar-refractivity contribution in [1.29, 1.82) is 0 Å². The summed E-state index contributed by atoms with van der Waals surface area (Å²) in [6.45, 7) is 1.92. The minimum Gasteiger partial charge on any atom is -0.438 e. The van der Waals surface area contributed by atoms with Crippen molar-refractivity contribution in [3.63, 3.8) is 0 Å². The van der Waals surface area contributed by atoms with E-state index < -0.39 is 29.5 Å². The van der Waals surface area contributed by atoms with Crippen molar-refractivity contribution < 1.29 is 32.2 Å². The van der Waals surface area contributed by atoms with Crippen molar-refractivity contribution in [1.82, 2.24) is 4.98 Å². The summed E-state index contributed by atoms with van der Waals surface area (Å²) in [6.07, 6.45) is -2.13. The van der Waals surface area contributed by atoms with Gasteiger partial charge in [-0.1, -0.05) is 24.6 Å². The highest BCUT2D eigenvalue weighted by molar-refractivity contribution is 6.31. The second-order valence-electron chi connectivity index (χ2n) is 8.40. The van der Waals surface area contributed by atoms with Crippen LogP contribution in [0.5, 0.6) is 11.6 Å². The average molecular weight is 466 g/mol. The molecule has 0 spiro atoms. The van der Waals surface area contributed by atoms with Crippen LogP contribution in [0.25, 0.3) is 0 Å². The second-order valence-corrected chi connectivity index (χ2v) is 8.81. The van der Waals surface area contributed by atoms with E-state index in [0.29, 0.717) is 18.2 Å². The normalized spacial score (nSPS) is 29.0. The van der Waals surface area contributed by atoms with E-state index in [1.807, 2.05) is 6.92 Å². The molecule has 32 heavy (non-hydrogen) atoms. The van der Waals surface area contributed by atoms with Gasteiger partial charge in [-0.2, -0.15) is 13.2 Å². The zero-order valence-corrected chi connectivity index (χ0v) is 17.7. The molecule has 5 atom stereocenters. The van der Waals surface area contributed by atoms with Crippen molar-refractivity contribution >= 4 is 23.2 Å². The smallest absolute Gasteiger partial charge is 0.417 e. The van der Waals surface area contributed by atoms with Gasteiger partial charge < -0.3 is 9.47 Å². The number of aromatic nitrogens is 1. The summed E-state index contributed by atoms with van der Waals surface area (Å²) in [5, 5.41) is -0.294. The molecule has 2 aliphatic heterocycles. The number of fused-ring (bicyclic) bond motifs is 5. The largest absolute Gasteiger partial charge is 0.438 e. The number of benzene rings is 1. The van der Waals surface area contributed by atoms with Crippen molar-refractivity contribution in [2.75, 3.05) is 0 Å².